The van der Waals surface area contributed by atoms with E-state index in [-0.39, 0.29) is 0 Å². The summed E-state index contributed by atoms with van der Waals surface area (Å²) < 4.78 is 0. The van der Waals surface area contributed by atoms with Crippen molar-refractivity contribution in [2.45, 2.75) is 24.2 Å². The molecule has 3 nitrogen and oxygen atoms in total. The van der Waals surface area contributed by atoms with Crippen LogP contribution in [0.5, 0.6) is 0 Å². The molecule has 0 aliphatic carbocycles. The number of hydrogen-bond donors (Lipinski definition) is 2. The first-order chi connectivity index (χ1) is 8.95. The number of nitrogens with one attached hydrogen (secondary N) is 2. The van der Waals surface area contributed by atoms with E-state index in [4.69, 9.17) is 0 Å². The molecule has 0 atom stereocenters. The number of nitrogens with zero attached hydrogens (tertiary/aromatic N) is 1. The van der Waals surface area contributed by atoms with Crippen molar-refractivity contribution in [1.82, 2.24) is 15.8 Å². The predicted molar refractivity (Wildman–Crippen MR) is 78.6 cm³/mol. The highest BCUT2D eigenvalue weighted by atomic mass is 32.2. The van der Waals surface area contributed by atoms with E-state index in [9.17, 15) is 0 Å². The van der Waals surface area contributed by atoms with E-state index >= 15 is 0 Å². The zero-order chi connectivity index (χ0) is 12.5. The van der Waals surface area contributed by atoms with Gasteiger partial charge in [0, 0.05) is 30.4 Å². The van der Waals surface area contributed by atoms with Gasteiger partial charge in [0.1, 0.15) is 0 Å². The van der Waals surface area contributed by atoms with E-state index in [1.54, 1.807) is 0 Å². The van der Waals surface area contributed by atoms with Gasteiger partial charge in [-0.3, -0.25) is 5.43 Å². The number of hydrogen-bond acceptors (Lipinski definition) is 4. The fourth-order valence-corrected chi connectivity index (χ4v) is 2.81. The van der Waals surface area contributed by atoms with Crippen molar-refractivity contribution in [3.63, 3.8) is 0 Å². The maximum absolute atomic E-state index is 3.48. The molecule has 1 heterocycles. The van der Waals surface area contributed by atoms with Crippen LogP contribution in [0.2, 0.25) is 0 Å². The van der Waals surface area contributed by atoms with Gasteiger partial charge in [0.2, 0.25) is 0 Å². The maximum atomic E-state index is 3.48. The molecule has 1 saturated heterocycles. The summed E-state index contributed by atoms with van der Waals surface area (Å²) in [6.07, 6.45) is 3.88. The van der Waals surface area contributed by atoms with Gasteiger partial charge in [-0.1, -0.05) is 18.2 Å². The summed E-state index contributed by atoms with van der Waals surface area (Å²) in [6.45, 7) is 4.61. The molecule has 2 N–H and O–H groups in total. The molecular formula is C14H23N3S. The van der Waals surface area contributed by atoms with Crippen molar-refractivity contribution < 1.29 is 0 Å². The molecule has 4 heteroatoms. The topological polar surface area (TPSA) is 27.3 Å². The van der Waals surface area contributed by atoms with Gasteiger partial charge in [0.25, 0.3) is 0 Å². The van der Waals surface area contributed by atoms with Crippen LogP contribution in [-0.4, -0.2) is 37.1 Å². The first-order valence-corrected chi connectivity index (χ1v) is 7.81. The van der Waals surface area contributed by atoms with E-state index in [0.29, 0.717) is 0 Å². The fourth-order valence-electron chi connectivity index (χ4n) is 2.05. The predicted octanol–water partition coefficient (Wildman–Crippen LogP) is 2.32. The smallest absolute Gasteiger partial charge is 0.0465 e. The van der Waals surface area contributed by atoms with E-state index in [1.807, 2.05) is 11.8 Å². The summed E-state index contributed by atoms with van der Waals surface area (Å²) in [5.74, 6) is 0.994. The second-order valence-corrected chi connectivity index (χ2v) is 5.61. The molecule has 1 aliphatic heterocycles. The SMILES string of the molecule is c1ccc(SCNCCCNN2CCCC2)cc1. The second kappa shape index (κ2) is 8.53. The van der Waals surface area contributed by atoms with Crippen molar-refractivity contribution in [2.24, 2.45) is 0 Å². The maximum Gasteiger partial charge on any atom is 0.0465 e. The van der Waals surface area contributed by atoms with Gasteiger partial charge >= 0.3 is 0 Å². The Morgan fingerprint density at radius 1 is 1.06 bits per heavy atom. The summed E-state index contributed by atoms with van der Waals surface area (Å²) in [7, 11) is 0. The van der Waals surface area contributed by atoms with Gasteiger partial charge in [-0.15, -0.1) is 11.8 Å². The normalized spacial score (nSPS) is 16.2. The Hall–Kier alpha value is -0.550. The van der Waals surface area contributed by atoms with Crippen molar-refractivity contribution in [3.05, 3.63) is 30.3 Å². The molecule has 2 rings (SSSR count). The summed E-state index contributed by atoms with van der Waals surface area (Å²) in [5, 5.41) is 5.81. The summed E-state index contributed by atoms with van der Waals surface area (Å²) in [4.78, 5) is 1.33. The lowest BCUT2D eigenvalue weighted by Gasteiger charge is -2.16. The van der Waals surface area contributed by atoms with Gasteiger partial charge in [-0.05, 0) is 37.9 Å². The van der Waals surface area contributed by atoms with Crippen molar-refractivity contribution in [1.29, 1.82) is 0 Å². The molecule has 18 heavy (non-hydrogen) atoms. The van der Waals surface area contributed by atoms with Crippen LogP contribution in [0, 0.1) is 0 Å². The number of benzene rings is 1. The van der Waals surface area contributed by atoms with Gasteiger partial charge < -0.3 is 5.32 Å². The highest BCUT2D eigenvalue weighted by Crippen LogP contribution is 2.14. The minimum absolute atomic E-state index is 0.994. The summed E-state index contributed by atoms with van der Waals surface area (Å²) >= 11 is 1.86. The van der Waals surface area contributed by atoms with Crippen LogP contribution in [0.4, 0.5) is 0 Å². The van der Waals surface area contributed by atoms with Crippen molar-refractivity contribution in [2.75, 3.05) is 32.1 Å². The molecule has 0 unspecified atom stereocenters. The highest BCUT2D eigenvalue weighted by molar-refractivity contribution is 7.99. The molecule has 1 aliphatic rings. The Morgan fingerprint density at radius 2 is 1.83 bits per heavy atom. The van der Waals surface area contributed by atoms with Crippen LogP contribution in [0.1, 0.15) is 19.3 Å². The van der Waals surface area contributed by atoms with E-state index in [2.05, 4.69) is 46.1 Å². The van der Waals surface area contributed by atoms with Crippen LogP contribution >= 0.6 is 11.8 Å². The number of thioether (sulfide) groups is 1. The first-order valence-electron chi connectivity index (χ1n) is 6.82. The molecule has 0 radical (unpaired) electrons. The largest absolute Gasteiger partial charge is 0.308 e. The first kappa shape index (κ1) is 13.9. The lowest BCUT2D eigenvalue weighted by atomic mass is 10.4. The van der Waals surface area contributed by atoms with E-state index < -0.39 is 0 Å². The molecule has 0 saturated carbocycles. The van der Waals surface area contributed by atoms with Crippen molar-refractivity contribution >= 4 is 11.8 Å². The number of hydrazine groups is 1. The van der Waals surface area contributed by atoms with Crippen LogP contribution in [0.25, 0.3) is 0 Å². The van der Waals surface area contributed by atoms with Crippen molar-refractivity contribution in [3.8, 4) is 0 Å². The Kier molecular flexibility index (Phi) is 6.58. The molecule has 0 bridgehead atoms. The molecule has 1 aromatic carbocycles. The van der Waals surface area contributed by atoms with Crippen LogP contribution in [0.15, 0.2) is 35.2 Å². The van der Waals surface area contributed by atoms with Gasteiger partial charge in [0.15, 0.2) is 0 Å². The molecule has 1 fully saturated rings. The van der Waals surface area contributed by atoms with Crippen LogP contribution < -0.4 is 10.7 Å². The average Bonchev–Trinajstić information content (AvgIpc) is 2.92. The second-order valence-electron chi connectivity index (χ2n) is 4.56. The Bertz CT molecular complexity index is 312. The monoisotopic (exact) mass is 265 g/mol. The van der Waals surface area contributed by atoms with Gasteiger partial charge in [-0.2, -0.15) is 0 Å². The fraction of sp³-hybridized carbons (Fsp3) is 0.571. The molecule has 1 aromatic rings. The molecular weight excluding hydrogens is 242 g/mol. The molecule has 100 valence electrons. The third-order valence-electron chi connectivity index (χ3n) is 3.06. The van der Waals surface area contributed by atoms with Crippen LogP contribution in [0.3, 0.4) is 0 Å². The quantitative estimate of drug-likeness (QED) is 0.428. The van der Waals surface area contributed by atoms with Gasteiger partial charge in [-0.25, -0.2) is 5.01 Å². The average molecular weight is 265 g/mol. The Balaban J connectivity index is 1.42. The highest BCUT2D eigenvalue weighted by Gasteiger charge is 2.09. The zero-order valence-corrected chi connectivity index (χ0v) is 11.7. The third kappa shape index (κ3) is 5.40. The van der Waals surface area contributed by atoms with E-state index in [0.717, 1.165) is 19.0 Å². The Labute approximate surface area is 114 Å². The third-order valence-corrected chi connectivity index (χ3v) is 4.01. The summed E-state index contributed by atoms with van der Waals surface area (Å²) in [5.41, 5.74) is 3.48. The molecule has 0 aromatic heterocycles. The summed E-state index contributed by atoms with van der Waals surface area (Å²) in [6, 6.07) is 10.5. The van der Waals surface area contributed by atoms with Gasteiger partial charge in [0.05, 0.1) is 0 Å². The zero-order valence-electron chi connectivity index (χ0n) is 10.9. The minimum Gasteiger partial charge on any atom is -0.308 e. The number of rotatable bonds is 8. The van der Waals surface area contributed by atoms with E-state index in [1.165, 1.54) is 37.2 Å². The standard InChI is InChI=1S/C14H23N3S/c1-2-7-14(8-3-1)18-13-15-9-6-10-16-17-11-4-5-12-17/h1-3,7-8,15-16H,4-6,9-13H2. The minimum atomic E-state index is 0.994. The molecule has 0 spiro atoms. The lowest BCUT2D eigenvalue weighted by molar-refractivity contribution is 0.234. The van der Waals surface area contributed by atoms with Crippen LogP contribution in [-0.2, 0) is 0 Å². The lowest BCUT2D eigenvalue weighted by Crippen LogP contribution is -2.36. The Morgan fingerprint density at radius 3 is 2.61 bits per heavy atom. The molecule has 0 amide bonds.